The first kappa shape index (κ1) is 31.7. The fourth-order valence-electron chi connectivity index (χ4n) is 7.07. The summed E-state index contributed by atoms with van der Waals surface area (Å²) in [5, 5.41) is 9.88. The summed E-state index contributed by atoms with van der Waals surface area (Å²) in [5.74, 6) is -1.58. The van der Waals surface area contributed by atoms with E-state index in [1.54, 1.807) is 0 Å². The summed E-state index contributed by atoms with van der Waals surface area (Å²) < 4.78 is 137. The van der Waals surface area contributed by atoms with Crippen molar-refractivity contribution in [2.24, 2.45) is 5.92 Å². The van der Waals surface area contributed by atoms with E-state index in [0.717, 1.165) is 30.3 Å². The van der Waals surface area contributed by atoms with Crippen molar-refractivity contribution in [3.63, 3.8) is 0 Å². The average molecular weight is 640 g/mol. The Morgan fingerprint density at radius 3 is 2.07 bits per heavy atom. The molecule has 2 aliphatic carbocycles. The van der Waals surface area contributed by atoms with Gasteiger partial charge in [0.05, 0.1) is 17.0 Å². The van der Waals surface area contributed by atoms with Gasteiger partial charge >= 0.3 is 18.0 Å². The van der Waals surface area contributed by atoms with Crippen LogP contribution in [-0.4, -0.2) is 55.4 Å². The molecule has 0 unspecified atom stereocenters. The summed E-state index contributed by atoms with van der Waals surface area (Å²) in [7, 11) is -4.56. The van der Waals surface area contributed by atoms with Gasteiger partial charge in [0.15, 0.2) is 9.84 Å². The largest absolute Gasteiger partial charge is 0.435 e. The maximum Gasteiger partial charge on any atom is 0.435 e. The van der Waals surface area contributed by atoms with Gasteiger partial charge < -0.3 is 10.0 Å². The van der Waals surface area contributed by atoms with Crippen molar-refractivity contribution in [2.45, 2.75) is 91.2 Å². The van der Waals surface area contributed by atoms with Crippen LogP contribution in [0.25, 0.3) is 0 Å². The number of amides is 1. The quantitative estimate of drug-likeness (QED) is 0.316. The monoisotopic (exact) mass is 639 g/mol. The van der Waals surface area contributed by atoms with E-state index >= 15 is 4.39 Å². The number of benzene rings is 2. The van der Waals surface area contributed by atoms with Crippen LogP contribution in [0.1, 0.15) is 61.6 Å². The molecule has 1 aliphatic heterocycles. The number of hydrogen-bond donors (Lipinski definition) is 1. The fraction of sp³-hybridized carbons (Fsp3) is 0.552. The fourth-order valence-corrected chi connectivity index (χ4v) is 9.44. The van der Waals surface area contributed by atoms with Gasteiger partial charge in [-0.2, -0.15) is 26.3 Å². The van der Waals surface area contributed by atoms with Crippen molar-refractivity contribution in [1.29, 1.82) is 0 Å². The van der Waals surface area contributed by atoms with Gasteiger partial charge in [-0.05, 0) is 86.8 Å². The van der Waals surface area contributed by atoms with Crippen LogP contribution in [-0.2, 0) is 31.5 Å². The van der Waals surface area contributed by atoms with Crippen LogP contribution in [0.4, 0.5) is 35.1 Å². The lowest BCUT2D eigenvalue weighted by Crippen LogP contribution is -2.51. The van der Waals surface area contributed by atoms with Gasteiger partial charge in [0.1, 0.15) is 10.6 Å². The highest BCUT2D eigenvalue weighted by molar-refractivity contribution is 7.92. The molecule has 3 aliphatic rings. The van der Waals surface area contributed by atoms with Crippen LogP contribution >= 0.6 is 0 Å². The molecule has 0 aromatic heterocycles. The molecule has 0 radical (unpaired) electrons. The molecule has 1 heterocycles. The second-order valence-corrected chi connectivity index (χ2v) is 13.8. The Balaban J connectivity index is 1.69. The van der Waals surface area contributed by atoms with Crippen molar-refractivity contribution in [3.8, 4) is 0 Å². The summed E-state index contributed by atoms with van der Waals surface area (Å²) in [6.07, 6.45) is -12.0. The van der Waals surface area contributed by atoms with E-state index in [9.17, 15) is 49.1 Å². The molecular formula is C29H29F8NO4S. The number of nitrogens with zero attached hydrogens (tertiary/aromatic N) is 1. The first-order valence-corrected chi connectivity index (χ1v) is 15.4. The van der Waals surface area contributed by atoms with Crippen molar-refractivity contribution >= 4 is 15.7 Å². The molecule has 0 spiro atoms. The van der Waals surface area contributed by atoms with Crippen LogP contribution < -0.4 is 0 Å². The number of rotatable bonds is 4. The maximum absolute atomic E-state index is 15.0. The zero-order valence-corrected chi connectivity index (χ0v) is 23.5. The molecule has 2 fully saturated rings. The lowest BCUT2D eigenvalue weighted by molar-refractivity contribution is -0.348. The van der Waals surface area contributed by atoms with Crippen LogP contribution in [0.2, 0.25) is 0 Å². The zero-order valence-electron chi connectivity index (χ0n) is 22.7. The lowest BCUT2D eigenvalue weighted by atomic mass is 9.84. The van der Waals surface area contributed by atoms with Crippen LogP contribution in [0.5, 0.6) is 0 Å². The van der Waals surface area contributed by atoms with Crippen molar-refractivity contribution < 1.29 is 53.4 Å². The van der Waals surface area contributed by atoms with Crippen LogP contribution in [0.15, 0.2) is 47.4 Å². The van der Waals surface area contributed by atoms with Gasteiger partial charge in [-0.25, -0.2) is 17.2 Å². The van der Waals surface area contributed by atoms with E-state index in [1.807, 2.05) is 0 Å². The molecule has 43 heavy (non-hydrogen) atoms. The molecular weight excluding hydrogens is 610 g/mol. The molecule has 0 bridgehead atoms. The smallest absolute Gasteiger partial charge is 0.393 e. The maximum atomic E-state index is 15.0. The number of hydrogen-bond acceptors (Lipinski definition) is 4. The highest BCUT2D eigenvalue weighted by Crippen LogP contribution is 2.56. The zero-order chi connectivity index (χ0) is 31.6. The molecule has 5 rings (SSSR count). The minimum atomic E-state index is -6.35. The van der Waals surface area contributed by atoms with E-state index < -0.39 is 62.1 Å². The summed E-state index contributed by atoms with van der Waals surface area (Å²) in [5.41, 5.74) is -7.72. The van der Waals surface area contributed by atoms with E-state index in [0.29, 0.717) is 37.8 Å². The Morgan fingerprint density at radius 1 is 0.884 bits per heavy atom. The number of aryl methyl sites for hydroxylation is 1. The molecule has 5 nitrogen and oxygen atoms in total. The lowest BCUT2D eigenvalue weighted by Gasteiger charge is -2.39. The average Bonchev–Trinajstić information content (AvgIpc) is 3.24. The SMILES string of the molecule is O=C([C@H]1CC[C@H](O)CC1)N1CC[C@]2(S(=O)(=O)c3ccc(F)cc3)c3ccc(C(F)(C(F)(F)F)C(F)(F)F)cc3CCC[C@H]12. The summed E-state index contributed by atoms with van der Waals surface area (Å²) in [6, 6.07) is 4.37. The number of aliphatic hydroxyl groups excluding tert-OH is 1. The van der Waals surface area contributed by atoms with E-state index in [4.69, 9.17) is 0 Å². The molecule has 2 atom stereocenters. The van der Waals surface area contributed by atoms with Gasteiger partial charge in [-0.3, -0.25) is 4.79 Å². The minimum Gasteiger partial charge on any atom is -0.393 e. The van der Waals surface area contributed by atoms with E-state index in [-0.39, 0.29) is 54.2 Å². The molecule has 1 N–H and O–H groups in total. The third kappa shape index (κ3) is 4.92. The Morgan fingerprint density at radius 2 is 1.49 bits per heavy atom. The first-order valence-electron chi connectivity index (χ1n) is 13.9. The van der Waals surface area contributed by atoms with E-state index in [2.05, 4.69) is 0 Å². The van der Waals surface area contributed by atoms with Gasteiger partial charge in [0.25, 0.3) is 0 Å². The number of sulfone groups is 1. The number of likely N-dealkylation sites (tertiary alicyclic amines) is 1. The second-order valence-electron chi connectivity index (χ2n) is 11.6. The Kier molecular flexibility index (Phi) is 7.89. The first-order chi connectivity index (χ1) is 19.9. The normalized spacial score (nSPS) is 26.9. The molecule has 1 saturated heterocycles. The van der Waals surface area contributed by atoms with Gasteiger partial charge in [-0.15, -0.1) is 0 Å². The molecule has 236 valence electrons. The summed E-state index contributed by atoms with van der Waals surface area (Å²) in [6.45, 7) is -0.0671. The van der Waals surface area contributed by atoms with Crippen molar-refractivity contribution in [1.82, 2.24) is 4.90 Å². The number of alkyl halides is 7. The summed E-state index contributed by atoms with van der Waals surface area (Å²) in [4.78, 5) is 14.8. The predicted octanol–water partition coefficient (Wildman–Crippen LogP) is 6.27. The van der Waals surface area contributed by atoms with Crippen molar-refractivity contribution in [2.75, 3.05) is 6.54 Å². The molecule has 14 heteroatoms. The number of fused-ring (bicyclic) bond motifs is 3. The minimum absolute atomic E-state index is 0.0465. The number of carbonyl (C=O) groups is 1. The van der Waals surface area contributed by atoms with Gasteiger partial charge in [0, 0.05) is 18.0 Å². The predicted molar refractivity (Wildman–Crippen MR) is 138 cm³/mol. The molecule has 1 saturated carbocycles. The Bertz CT molecular complexity index is 1470. The standard InChI is InChI=1S/C29H29F8NO4S/c30-20-7-11-22(12-8-20)43(41,42)26-14-15-38(25(40)17-4-9-21(39)10-5-17)24(26)3-1-2-18-16-19(6-13-23(18)26)27(31,28(32,33)34)29(35,36)37/h6-8,11-13,16-17,21,24,39H,1-5,9-10,14-15H2/t17-,21-,24-,26-/m0/s1. The number of halogens is 8. The number of aliphatic hydroxyl groups is 1. The van der Waals surface area contributed by atoms with Gasteiger partial charge in [-0.1, -0.05) is 18.2 Å². The van der Waals surface area contributed by atoms with Gasteiger partial charge in [0.2, 0.25) is 5.91 Å². The van der Waals surface area contributed by atoms with E-state index in [1.165, 1.54) is 4.90 Å². The Hall–Kier alpha value is -2.74. The highest BCUT2D eigenvalue weighted by Gasteiger charge is 2.73. The molecule has 2 aromatic rings. The Labute approximate surface area is 242 Å². The topological polar surface area (TPSA) is 74.7 Å². The van der Waals surface area contributed by atoms with Crippen molar-refractivity contribution in [3.05, 3.63) is 65.0 Å². The third-order valence-corrected chi connectivity index (χ3v) is 11.8. The van der Waals surface area contributed by atoms with Crippen LogP contribution in [0, 0.1) is 11.7 Å². The van der Waals surface area contributed by atoms with Crippen LogP contribution in [0.3, 0.4) is 0 Å². The highest BCUT2D eigenvalue weighted by atomic mass is 32.2. The molecule has 1 amide bonds. The third-order valence-electron chi connectivity index (χ3n) is 9.23. The number of carbonyl (C=O) groups excluding carboxylic acids is 1. The molecule has 2 aromatic carbocycles. The second kappa shape index (κ2) is 10.7. The summed E-state index contributed by atoms with van der Waals surface area (Å²) >= 11 is 0.